The number of nitrogens with zero attached hydrogens (tertiary/aromatic N) is 2. The Labute approximate surface area is 248 Å². The maximum absolute atomic E-state index is 11.1. The fourth-order valence-electron chi connectivity index (χ4n) is 4.71. The van der Waals surface area contributed by atoms with Crippen molar-refractivity contribution in [2.45, 2.75) is 58.9 Å². The van der Waals surface area contributed by atoms with E-state index in [1.807, 2.05) is 36.4 Å². The summed E-state index contributed by atoms with van der Waals surface area (Å²) in [6, 6.07) is 20.9. The average molecular weight is 594 g/mol. The minimum atomic E-state index is -3.95. The molecule has 0 atom stereocenters. The maximum atomic E-state index is 11.1. The molecule has 2 aromatic heterocycles. The number of unbranched alkanes of at least 4 members (excludes halogenated alkanes) is 3. The number of thiophene rings is 1. The lowest BCUT2D eigenvalue weighted by Gasteiger charge is -2.24. The Morgan fingerprint density at radius 3 is 2.15 bits per heavy atom. The van der Waals surface area contributed by atoms with Crippen molar-refractivity contribution in [2.75, 3.05) is 23.7 Å². The highest BCUT2D eigenvalue weighted by Crippen LogP contribution is 2.23. The molecule has 0 spiro atoms. The van der Waals surface area contributed by atoms with Crippen molar-refractivity contribution in [2.24, 2.45) is 0 Å². The highest BCUT2D eigenvalue weighted by molar-refractivity contribution is 7.85. The van der Waals surface area contributed by atoms with Crippen LogP contribution in [0.25, 0.3) is 35.4 Å². The van der Waals surface area contributed by atoms with E-state index in [-0.39, 0.29) is 5.75 Å². The second kappa shape index (κ2) is 15.1. The first kappa shape index (κ1) is 30.8. The Hall–Kier alpha value is -3.20. The van der Waals surface area contributed by atoms with Crippen molar-refractivity contribution in [3.8, 4) is 0 Å². The Bertz CT molecular complexity index is 1540. The second-order valence-electron chi connectivity index (χ2n) is 10.2. The summed E-state index contributed by atoms with van der Waals surface area (Å²) in [7, 11) is -3.95. The summed E-state index contributed by atoms with van der Waals surface area (Å²) in [5.41, 5.74) is 4.22. The molecule has 218 valence electrons. The molecular weight excluding hydrogens is 553 g/mol. The van der Waals surface area contributed by atoms with Crippen LogP contribution < -0.4 is 9.47 Å². The quantitative estimate of drug-likeness (QED) is 0.0805. The molecule has 0 unspecified atom stereocenters. The zero-order valence-corrected chi connectivity index (χ0v) is 25.7. The molecule has 0 fully saturated rings. The van der Waals surface area contributed by atoms with Gasteiger partial charge in [-0.05, 0) is 67.3 Å². The predicted octanol–water partition coefficient (Wildman–Crippen LogP) is 8.20. The predicted molar refractivity (Wildman–Crippen MR) is 173 cm³/mol. The van der Waals surface area contributed by atoms with Crippen molar-refractivity contribution >= 4 is 62.5 Å². The number of aromatic nitrogens is 1. The molecule has 1 N–H and O–H groups in total. The van der Waals surface area contributed by atoms with Gasteiger partial charge in [-0.25, -0.2) is 0 Å². The number of oxazole rings is 1. The molecule has 6 nitrogen and oxygen atoms in total. The normalized spacial score (nSPS) is 12.3. The van der Waals surface area contributed by atoms with Crippen molar-refractivity contribution < 1.29 is 22.0 Å². The van der Waals surface area contributed by atoms with Gasteiger partial charge < -0.3 is 9.32 Å². The first-order chi connectivity index (χ1) is 19.9. The highest BCUT2D eigenvalue weighted by atomic mass is 32.2. The van der Waals surface area contributed by atoms with Crippen LogP contribution in [0.15, 0.2) is 65.1 Å². The molecule has 0 aliphatic heterocycles. The molecule has 4 rings (SSSR count). The minimum Gasteiger partial charge on any atom is -0.398 e. The molecule has 0 aliphatic rings. The summed E-state index contributed by atoms with van der Waals surface area (Å²) in [5.74, 6) is 0.469. The van der Waals surface area contributed by atoms with E-state index in [0.29, 0.717) is 25.3 Å². The first-order valence-corrected chi connectivity index (χ1v) is 17.0. The van der Waals surface area contributed by atoms with Crippen LogP contribution in [-0.4, -0.2) is 31.8 Å². The van der Waals surface area contributed by atoms with Crippen molar-refractivity contribution in [3.63, 3.8) is 0 Å². The number of rotatable bonds is 16. The molecule has 4 aromatic rings. The molecule has 0 saturated heterocycles. The van der Waals surface area contributed by atoms with Gasteiger partial charge in [-0.1, -0.05) is 57.0 Å². The smallest absolute Gasteiger partial charge is 0.374 e. The van der Waals surface area contributed by atoms with Crippen molar-refractivity contribution in [1.29, 1.82) is 0 Å². The van der Waals surface area contributed by atoms with Crippen LogP contribution in [0.2, 0.25) is 0 Å². The van der Waals surface area contributed by atoms with Gasteiger partial charge in [0.05, 0.1) is 11.8 Å². The second-order valence-corrected chi connectivity index (χ2v) is 13.0. The van der Waals surface area contributed by atoms with Gasteiger partial charge in [0.25, 0.3) is 15.6 Å². The highest BCUT2D eigenvalue weighted by Gasteiger charge is 2.20. The van der Waals surface area contributed by atoms with Gasteiger partial charge in [-0.2, -0.15) is 13.0 Å². The van der Waals surface area contributed by atoms with Gasteiger partial charge in [0.1, 0.15) is 0 Å². The number of hydrogen-bond acceptors (Lipinski definition) is 5. The van der Waals surface area contributed by atoms with Crippen LogP contribution in [0.3, 0.4) is 0 Å². The summed E-state index contributed by atoms with van der Waals surface area (Å²) in [6.07, 6.45) is 14.2. The summed E-state index contributed by atoms with van der Waals surface area (Å²) < 4.78 is 39.3. The largest absolute Gasteiger partial charge is 0.398 e. The molecule has 8 heteroatoms. The number of hydrogen-bond donors (Lipinski definition) is 1. The van der Waals surface area contributed by atoms with Gasteiger partial charge in [0, 0.05) is 41.0 Å². The van der Waals surface area contributed by atoms with Gasteiger partial charge in [-0.3, -0.25) is 4.55 Å². The average Bonchev–Trinajstić information content (AvgIpc) is 3.57. The van der Waals surface area contributed by atoms with Gasteiger partial charge in [0.2, 0.25) is 5.58 Å². The van der Waals surface area contributed by atoms with Gasteiger partial charge in [0.15, 0.2) is 6.54 Å². The van der Waals surface area contributed by atoms with E-state index >= 15 is 0 Å². The first-order valence-electron chi connectivity index (χ1n) is 14.5. The molecule has 2 heterocycles. The lowest BCUT2D eigenvalue weighted by Crippen LogP contribution is -2.35. The van der Waals surface area contributed by atoms with Gasteiger partial charge >= 0.3 is 5.89 Å². The number of benzene rings is 2. The lowest BCUT2D eigenvalue weighted by molar-refractivity contribution is -0.678. The molecule has 0 bridgehead atoms. The van der Waals surface area contributed by atoms with E-state index in [1.54, 1.807) is 11.3 Å². The van der Waals surface area contributed by atoms with Crippen LogP contribution in [0.4, 0.5) is 5.69 Å². The van der Waals surface area contributed by atoms with Crippen LogP contribution in [0.1, 0.15) is 73.6 Å². The third-order valence-electron chi connectivity index (χ3n) is 6.97. The van der Waals surface area contributed by atoms with Crippen LogP contribution in [0, 0.1) is 0 Å². The molecule has 0 amide bonds. The molecule has 41 heavy (non-hydrogen) atoms. The SMILES string of the molecule is CCCCN(CCCC)c1ccc(/C=C/c2ccc(/C=C/c3oc4ccccc4[n+]3CCCCS(=O)(=O)O)s2)cc1. The Morgan fingerprint density at radius 2 is 1.49 bits per heavy atom. The van der Waals surface area contributed by atoms with Crippen LogP contribution >= 0.6 is 11.3 Å². The van der Waals surface area contributed by atoms with Crippen molar-refractivity contribution in [1.82, 2.24) is 0 Å². The van der Waals surface area contributed by atoms with E-state index in [1.165, 1.54) is 41.8 Å². The number of anilines is 1. The van der Waals surface area contributed by atoms with Crippen molar-refractivity contribution in [3.05, 3.63) is 81.9 Å². The molecular formula is C33H41N2O4S2+. The summed E-state index contributed by atoms with van der Waals surface area (Å²) in [6.45, 7) is 7.30. The fourth-order valence-corrected chi connectivity index (χ4v) is 6.09. The Kier molecular flexibility index (Phi) is 11.4. The van der Waals surface area contributed by atoms with Crippen LogP contribution in [0.5, 0.6) is 0 Å². The number of fused-ring (bicyclic) bond motifs is 1. The Morgan fingerprint density at radius 1 is 0.829 bits per heavy atom. The molecule has 0 saturated carbocycles. The zero-order chi connectivity index (χ0) is 29.1. The standard InChI is InChI=1S/C33H40N2O4S2/c1-3-5-23-34(24-6-4-2)28-16-13-27(14-17-28)15-18-29-19-20-30(40-29)21-22-33-35(25-9-10-26-41(36,37)38)31-11-7-8-12-32(31)39-33/h7-8,11-22H,3-6,9-10,23-26H2,1-2H3/p+1. The third-order valence-corrected chi connectivity index (χ3v) is 8.79. The number of para-hydroxylation sites is 2. The topological polar surface area (TPSA) is 74.6 Å². The van der Waals surface area contributed by atoms with E-state index in [9.17, 15) is 8.42 Å². The summed E-state index contributed by atoms with van der Waals surface area (Å²) >= 11 is 1.71. The monoisotopic (exact) mass is 593 g/mol. The minimum absolute atomic E-state index is 0.236. The van der Waals surface area contributed by atoms with E-state index in [2.05, 4.69) is 71.9 Å². The number of aryl methyl sites for hydroxylation is 1. The van der Waals surface area contributed by atoms with E-state index < -0.39 is 10.1 Å². The zero-order valence-electron chi connectivity index (χ0n) is 24.0. The summed E-state index contributed by atoms with van der Waals surface area (Å²) in [5, 5.41) is 0. The molecule has 0 radical (unpaired) electrons. The summed E-state index contributed by atoms with van der Waals surface area (Å²) in [4.78, 5) is 4.79. The maximum Gasteiger partial charge on any atom is 0.374 e. The lowest BCUT2D eigenvalue weighted by atomic mass is 10.1. The van der Waals surface area contributed by atoms with E-state index in [0.717, 1.165) is 29.1 Å². The molecule has 2 aromatic carbocycles. The Balaban J connectivity index is 1.41. The molecule has 0 aliphatic carbocycles. The van der Waals surface area contributed by atoms with Crippen LogP contribution in [-0.2, 0) is 16.7 Å². The van der Waals surface area contributed by atoms with Gasteiger partial charge in [-0.15, -0.1) is 11.3 Å². The fraction of sp³-hybridized carbons (Fsp3) is 0.364. The third kappa shape index (κ3) is 9.42. The van der Waals surface area contributed by atoms with E-state index in [4.69, 9.17) is 8.97 Å².